The molecule has 2 rings (SSSR count). The van der Waals surface area contributed by atoms with Gasteiger partial charge in [0.1, 0.15) is 0 Å². The molecule has 20 heavy (non-hydrogen) atoms. The first-order valence-electron chi connectivity index (χ1n) is 6.41. The number of nitrogens with zero attached hydrogens (tertiary/aromatic N) is 2. The van der Waals surface area contributed by atoms with Gasteiger partial charge in [0.25, 0.3) is 0 Å². The molecule has 0 saturated carbocycles. The summed E-state index contributed by atoms with van der Waals surface area (Å²) in [4.78, 5) is 15.5. The van der Waals surface area contributed by atoms with Crippen LogP contribution in [0.5, 0.6) is 0 Å². The highest BCUT2D eigenvalue weighted by atomic mass is 16.4. The maximum atomic E-state index is 11.1. The van der Waals surface area contributed by atoms with Crippen LogP contribution in [0, 0.1) is 20.8 Å². The van der Waals surface area contributed by atoms with Crippen LogP contribution in [-0.4, -0.2) is 21.9 Å². The Kier molecular flexibility index (Phi) is 3.74. The van der Waals surface area contributed by atoms with Gasteiger partial charge in [-0.1, -0.05) is 6.07 Å². The number of carboxylic acids is 1. The van der Waals surface area contributed by atoms with Crippen LogP contribution in [0.1, 0.15) is 32.9 Å². The van der Waals surface area contributed by atoms with Crippen LogP contribution in [0.4, 0.5) is 5.69 Å². The molecule has 0 amide bonds. The average molecular weight is 270 g/mol. The summed E-state index contributed by atoms with van der Waals surface area (Å²) >= 11 is 0. The largest absolute Gasteiger partial charge is 0.478 e. The fraction of sp³-hybridized carbons (Fsp3) is 0.250. The van der Waals surface area contributed by atoms with E-state index in [0.29, 0.717) is 16.8 Å². The third-order valence-corrected chi connectivity index (χ3v) is 3.69. The molecule has 1 heterocycles. The molecule has 0 aliphatic rings. The number of carboxylic acid groups (broad SMARTS) is 1. The van der Waals surface area contributed by atoms with Gasteiger partial charge in [-0.15, -0.1) is 0 Å². The lowest BCUT2D eigenvalue weighted by Gasteiger charge is -2.04. The van der Waals surface area contributed by atoms with E-state index in [2.05, 4.69) is 15.6 Å². The van der Waals surface area contributed by atoms with Gasteiger partial charge >= 0.3 is 5.97 Å². The Labute approximate surface area is 118 Å². The van der Waals surface area contributed by atoms with Crippen molar-refractivity contribution in [2.45, 2.75) is 20.8 Å². The highest BCUT2D eigenvalue weighted by molar-refractivity contribution is 5.92. The van der Waals surface area contributed by atoms with Gasteiger partial charge < -0.3 is 9.67 Å². The van der Waals surface area contributed by atoms with Crippen molar-refractivity contribution in [3.05, 3.63) is 52.3 Å². The molecule has 0 aliphatic heterocycles. The van der Waals surface area contributed by atoms with E-state index in [1.54, 1.807) is 25.3 Å². The maximum Gasteiger partial charge on any atom is 0.336 e. The van der Waals surface area contributed by atoms with Crippen molar-refractivity contribution in [1.82, 2.24) is 4.57 Å². The molecule has 4 heteroatoms. The minimum Gasteiger partial charge on any atom is -0.478 e. The summed E-state index contributed by atoms with van der Waals surface area (Å²) in [5.74, 6) is -0.925. The third kappa shape index (κ3) is 2.50. The number of aryl methyl sites for hydroxylation is 1. The van der Waals surface area contributed by atoms with Crippen molar-refractivity contribution in [3.63, 3.8) is 0 Å². The summed E-state index contributed by atoms with van der Waals surface area (Å²) in [5, 5.41) is 9.10. The van der Waals surface area contributed by atoms with Gasteiger partial charge in [0.05, 0.1) is 11.3 Å². The van der Waals surface area contributed by atoms with Crippen molar-refractivity contribution >= 4 is 17.9 Å². The van der Waals surface area contributed by atoms with Crippen LogP contribution in [-0.2, 0) is 7.05 Å². The van der Waals surface area contributed by atoms with Crippen LogP contribution >= 0.6 is 0 Å². The van der Waals surface area contributed by atoms with Gasteiger partial charge in [0.15, 0.2) is 0 Å². The Morgan fingerprint density at radius 2 is 2.00 bits per heavy atom. The number of aromatic carboxylic acids is 1. The van der Waals surface area contributed by atoms with E-state index in [9.17, 15) is 4.79 Å². The molecule has 0 fully saturated rings. The molecule has 2 aromatic rings. The Bertz CT molecular complexity index is 697. The van der Waals surface area contributed by atoms with E-state index in [4.69, 9.17) is 5.11 Å². The lowest BCUT2D eigenvalue weighted by molar-refractivity contribution is 0.0696. The lowest BCUT2D eigenvalue weighted by atomic mass is 10.1. The van der Waals surface area contributed by atoms with Gasteiger partial charge in [0, 0.05) is 30.2 Å². The summed E-state index contributed by atoms with van der Waals surface area (Å²) in [5.41, 5.74) is 5.01. The van der Waals surface area contributed by atoms with E-state index in [0.717, 1.165) is 11.3 Å². The highest BCUT2D eigenvalue weighted by Crippen LogP contribution is 2.22. The van der Waals surface area contributed by atoms with E-state index >= 15 is 0 Å². The van der Waals surface area contributed by atoms with Crippen LogP contribution < -0.4 is 0 Å². The molecule has 1 aromatic heterocycles. The molecule has 0 atom stereocenters. The second-order valence-corrected chi connectivity index (χ2v) is 4.90. The predicted molar refractivity (Wildman–Crippen MR) is 80.3 cm³/mol. The van der Waals surface area contributed by atoms with E-state index < -0.39 is 5.97 Å². The third-order valence-electron chi connectivity index (χ3n) is 3.69. The van der Waals surface area contributed by atoms with Crippen molar-refractivity contribution in [3.8, 4) is 0 Å². The minimum absolute atomic E-state index is 0.292. The molecule has 1 N–H and O–H groups in total. The molecule has 4 nitrogen and oxygen atoms in total. The molecule has 0 radical (unpaired) electrons. The summed E-state index contributed by atoms with van der Waals surface area (Å²) in [6.45, 7) is 5.86. The van der Waals surface area contributed by atoms with Gasteiger partial charge in [0.2, 0.25) is 0 Å². The maximum absolute atomic E-state index is 11.1. The van der Waals surface area contributed by atoms with Crippen LogP contribution in [0.2, 0.25) is 0 Å². The average Bonchev–Trinajstić information content (AvgIpc) is 2.65. The monoisotopic (exact) mass is 270 g/mol. The molecular weight excluding hydrogens is 252 g/mol. The molecular formula is C16H18N2O2. The quantitative estimate of drug-likeness (QED) is 0.869. The zero-order valence-electron chi connectivity index (χ0n) is 12.1. The first kappa shape index (κ1) is 14.1. The molecule has 0 aliphatic carbocycles. The highest BCUT2D eigenvalue weighted by Gasteiger charge is 2.09. The summed E-state index contributed by atoms with van der Waals surface area (Å²) in [7, 11) is 2.01. The first-order valence-corrected chi connectivity index (χ1v) is 6.41. The van der Waals surface area contributed by atoms with Gasteiger partial charge in [-0.3, -0.25) is 4.99 Å². The second-order valence-electron chi connectivity index (χ2n) is 4.90. The Morgan fingerprint density at radius 1 is 1.30 bits per heavy atom. The number of hydrogen-bond acceptors (Lipinski definition) is 2. The predicted octanol–water partition coefficient (Wildman–Crippen LogP) is 3.40. The standard InChI is InChI=1S/C16H18N2O2/c1-10-8-13(12(3)18(10)4)9-17-15-7-5-6-14(11(15)2)16(19)20/h5-9H,1-4H3,(H,19,20). The lowest BCUT2D eigenvalue weighted by Crippen LogP contribution is -1.99. The fourth-order valence-corrected chi connectivity index (χ4v) is 2.15. The van der Waals surface area contributed by atoms with Crippen LogP contribution in [0.3, 0.4) is 0 Å². The zero-order valence-corrected chi connectivity index (χ0v) is 12.1. The van der Waals surface area contributed by atoms with Crippen LogP contribution in [0.25, 0.3) is 0 Å². The summed E-state index contributed by atoms with van der Waals surface area (Å²) < 4.78 is 2.10. The number of benzene rings is 1. The van der Waals surface area contributed by atoms with Gasteiger partial charge in [-0.25, -0.2) is 4.79 Å². The molecule has 0 saturated heterocycles. The van der Waals surface area contributed by atoms with E-state index in [1.165, 1.54) is 5.69 Å². The normalized spacial score (nSPS) is 11.2. The summed E-state index contributed by atoms with van der Waals surface area (Å²) in [6.07, 6.45) is 1.79. The molecule has 0 spiro atoms. The number of hydrogen-bond donors (Lipinski definition) is 1. The van der Waals surface area contributed by atoms with Gasteiger partial charge in [-0.05, 0) is 44.5 Å². The fourth-order valence-electron chi connectivity index (χ4n) is 2.15. The molecule has 0 bridgehead atoms. The Hall–Kier alpha value is -2.36. The van der Waals surface area contributed by atoms with Crippen molar-refractivity contribution < 1.29 is 9.90 Å². The second kappa shape index (κ2) is 5.33. The zero-order chi connectivity index (χ0) is 14.9. The molecule has 1 aromatic carbocycles. The van der Waals surface area contributed by atoms with Crippen molar-refractivity contribution in [1.29, 1.82) is 0 Å². The Balaban J connectivity index is 2.39. The minimum atomic E-state index is -0.925. The number of carbonyl (C=O) groups is 1. The smallest absolute Gasteiger partial charge is 0.336 e. The number of aromatic nitrogens is 1. The van der Waals surface area contributed by atoms with E-state index in [1.807, 2.05) is 27.0 Å². The topological polar surface area (TPSA) is 54.6 Å². The van der Waals surface area contributed by atoms with Crippen molar-refractivity contribution in [2.24, 2.45) is 12.0 Å². The molecule has 104 valence electrons. The summed E-state index contributed by atoms with van der Waals surface area (Å²) in [6, 6.07) is 7.19. The van der Waals surface area contributed by atoms with Crippen LogP contribution in [0.15, 0.2) is 29.3 Å². The first-order chi connectivity index (χ1) is 9.41. The van der Waals surface area contributed by atoms with E-state index in [-0.39, 0.29) is 0 Å². The Morgan fingerprint density at radius 3 is 2.55 bits per heavy atom. The SMILES string of the molecule is Cc1c(N=Cc2cc(C)n(C)c2C)cccc1C(=O)O. The number of rotatable bonds is 3. The molecule has 0 unspecified atom stereocenters. The van der Waals surface area contributed by atoms with Crippen molar-refractivity contribution in [2.75, 3.05) is 0 Å². The van der Waals surface area contributed by atoms with Gasteiger partial charge in [-0.2, -0.15) is 0 Å². The number of aliphatic imine (C=N–C) groups is 1.